The number of anilines is 1. The van der Waals surface area contributed by atoms with Gasteiger partial charge in [-0.3, -0.25) is 0 Å². The topological polar surface area (TPSA) is 35.8 Å². The Balaban J connectivity index is 2.76. The van der Waals surface area contributed by atoms with Gasteiger partial charge in [0.2, 0.25) is 0 Å². The minimum atomic E-state index is -1.09. The molecule has 0 heterocycles. The van der Waals surface area contributed by atoms with Gasteiger partial charge in [-0.25, -0.2) is 8.78 Å². The molecule has 0 aliphatic heterocycles. The zero-order valence-electron chi connectivity index (χ0n) is 9.35. The highest BCUT2D eigenvalue weighted by Crippen LogP contribution is 2.20. The van der Waals surface area contributed by atoms with Crippen LogP contribution in [0.2, 0.25) is 0 Å². The van der Waals surface area contributed by atoms with E-state index in [1.54, 1.807) is 6.07 Å². The van der Waals surface area contributed by atoms with Crippen LogP contribution in [-0.2, 0) is 0 Å². The second kappa shape index (κ2) is 5.45. The molecule has 0 saturated carbocycles. The Bertz CT molecular complexity index is 408. The maximum absolute atomic E-state index is 13.4. The summed E-state index contributed by atoms with van der Waals surface area (Å²) in [4.78, 5) is 0. The number of nitriles is 1. The number of halogens is 2. The van der Waals surface area contributed by atoms with Crippen molar-refractivity contribution >= 4 is 5.69 Å². The average Bonchev–Trinajstić information content (AvgIpc) is 2.24. The fraction of sp³-hybridized carbons (Fsp3) is 0.417. The van der Waals surface area contributed by atoms with Crippen LogP contribution in [0.3, 0.4) is 0 Å². The molecular weight excluding hydrogens is 210 g/mol. The second-order valence-electron chi connectivity index (χ2n) is 4.01. The molecule has 0 atom stereocenters. The van der Waals surface area contributed by atoms with E-state index in [2.05, 4.69) is 19.2 Å². The largest absolute Gasteiger partial charge is 0.383 e. The summed E-state index contributed by atoms with van der Waals surface area (Å²) >= 11 is 0. The van der Waals surface area contributed by atoms with Crippen molar-refractivity contribution in [2.75, 3.05) is 11.9 Å². The third-order valence-electron chi connectivity index (χ3n) is 2.24. The summed E-state index contributed by atoms with van der Waals surface area (Å²) < 4.78 is 26.6. The van der Waals surface area contributed by atoms with Crippen LogP contribution in [0.4, 0.5) is 14.5 Å². The summed E-state index contributed by atoms with van der Waals surface area (Å²) in [5.74, 6) is -1.57. The highest BCUT2D eigenvalue weighted by Gasteiger charge is 2.12. The Labute approximate surface area is 93.9 Å². The van der Waals surface area contributed by atoms with Crippen molar-refractivity contribution in [3.05, 3.63) is 29.3 Å². The maximum Gasteiger partial charge on any atom is 0.183 e. The Morgan fingerprint density at radius 2 is 2.00 bits per heavy atom. The number of nitrogens with zero attached hydrogens (tertiary/aromatic N) is 1. The molecule has 1 rings (SSSR count). The number of hydrogen-bond donors (Lipinski definition) is 1. The normalized spacial score (nSPS) is 10.2. The van der Waals surface area contributed by atoms with Gasteiger partial charge in [-0.2, -0.15) is 5.26 Å². The van der Waals surface area contributed by atoms with Crippen LogP contribution < -0.4 is 5.32 Å². The van der Waals surface area contributed by atoms with Crippen LogP contribution in [0, 0.1) is 28.9 Å². The number of nitrogens with one attached hydrogen (secondary N) is 1. The molecule has 0 bridgehead atoms. The van der Waals surface area contributed by atoms with Crippen LogP contribution in [0.5, 0.6) is 0 Å². The van der Waals surface area contributed by atoms with E-state index in [0.29, 0.717) is 12.5 Å². The second-order valence-corrected chi connectivity index (χ2v) is 4.01. The van der Waals surface area contributed by atoms with Gasteiger partial charge in [0.1, 0.15) is 6.07 Å². The SMILES string of the molecule is CC(C)CCNc1ccc(C#N)c(F)c1F. The van der Waals surface area contributed by atoms with E-state index in [4.69, 9.17) is 5.26 Å². The van der Waals surface area contributed by atoms with Crippen molar-refractivity contribution in [2.24, 2.45) is 5.92 Å². The Kier molecular flexibility index (Phi) is 4.24. The molecule has 0 aliphatic rings. The molecule has 4 heteroatoms. The number of rotatable bonds is 4. The molecule has 16 heavy (non-hydrogen) atoms. The smallest absolute Gasteiger partial charge is 0.183 e. The first-order chi connectivity index (χ1) is 7.56. The lowest BCUT2D eigenvalue weighted by molar-refractivity contribution is 0.507. The summed E-state index contributed by atoms with van der Waals surface area (Å²) in [7, 11) is 0. The van der Waals surface area contributed by atoms with Crippen molar-refractivity contribution in [3.63, 3.8) is 0 Å². The molecule has 0 aliphatic carbocycles. The lowest BCUT2D eigenvalue weighted by Gasteiger charge is -2.09. The molecule has 0 fully saturated rings. The van der Waals surface area contributed by atoms with Gasteiger partial charge in [0.25, 0.3) is 0 Å². The molecule has 1 aromatic rings. The van der Waals surface area contributed by atoms with E-state index in [0.717, 1.165) is 6.42 Å². The number of hydrogen-bond acceptors (Lipinski definition) is 2. The van der Waals surface area contributed by atoms with Crippen LogP contribution in [0.25, 0.3) is 0 Å². The average molecular weight is 224 g/mol. The zero-order chi connectivity index (χ0) is 12.1. The van der Waals surface area contributed by atoms with E-state index in [9.17, 15) is 8.78 Å². The summed E-state index contributed by atoms with van der Waals surface area (Å²) in [6, 6.07) is 4.25. The highest BCUT2D eigenvalue weighted by molar-refractivity contribution is 5.49. The molecule has 1 aromatic carbocycles. The third kappa shape index (κ3) is 2.93. The summed E-state index contributed by atoms with van der Waals surface area (Å²) in [5, 5.41) is 11.3. The molecule has 0 amide bonds. The number of benzene rings is 1. The van der Waals surface area contributed by atoms with Crippen LogP contribution in [0.1, 0.15) is 25.8 Å². The van der Waals surface area contributed by atoms with E-state index in [-0.39, 0.29) is 11.3 Å². The molecule has 0 unspecified atom stereocenters. The first-order valence-electron chi connectivity index (χ1n) is 5.18. The van der Waals surface area contributed by atoms with Crippen molar-refractivity contribution in [3.8, 4) is 6.07 Å². The third-order valence-corrected chi connectivity index (χ3v) is 2.24. The fourth-order valence-electron chi connectivity index (χ4n) is 1.27. The van der Waals surface area contributed by atoms with Crippen LogP contribution in [-0.4, -0.2) is 6.54 Å². The fourth-order valence-corrected chi connectivity index (χ4v) is 1.27. The predicted molar refractivity (Wildman–Crippen MR) is 59.0 cm³/mol. The van der Waals surface area contributed by atoms with Gasteiger partial charge >= 0.3 is 0 Å². The molecule has 0 radical (unpaired) electrons. The Hall–Kier alpha value is -1.63. The standard InChI is InChI=1S/C12H14F2N2/c1-8(2)5-6-16-10-4-3-9(7-15)11(13)12(10)14/h3-4,8,16H,5-6H2,1-2H3. The zero-order valence-corrected chi connectivity index (χ0v) is 9.35. The Morgan fingerprint density at radius 1 is 1.31 bits per heavy atom. The van der Waals surface area contributed by atoms with Gasteiger partial charge in [0.05, 0.1) is 11.3 Å². The molecule has 86 valence electrons. The van der Waals surface area contributed by atoms with E-state index in [1.807, 2.05) is 0 Å². The monoisotopic (exact) mass is 224 g/mol. The predicted octanol–water partition coefficient (Wildman–Crippen LogP) is 3.29. The quantitative estimate of drug-likeness (QED) is 0.851. The minimum absolute atomic E-state index is 0.108. The Morgan fingerprint density at radius 3 is 2.56 bits per heavy atom. The van der Waals surface area contributed by atoms with E-state index < -0.39 is 11.6 Å². The van der Waals surface area contributed by atoms with Gasteiger partial charge in [0.15, 0.2) is 11.6 Å². The summed E-state index contributed by atoms with van der Waals surface area (Å²) in [5.41, 5.74) is -0.163. The van der Waals surface area contributed by atoms with Gasteiger partial charge in [-0.05, 0) is 24.5 Å². The van der Waals surface area contributed by atoms with Crippen molar-refractivity contribution in [2.45, 2.75) is 20.3 Å². The van der Waals surface area contributed by atoms with Gasteiger partial charge in [-0.1, -0.05) is 13.8 Å². The van der Waals surface area contributed by atoms with Gasteiger partial charge < -0.3 is 5.32 Å². The van der Waals surface area contributed by atoms with Crippen molar-refractivity contribution in [1.29, 1.82) is 5.26 Å². The van der Waals surface area contributed by atoms with E-state index >= 15 is 0 Å². The molecular formula is C12H14F2N2. The van der Waals surface area contributed by atoms with Gasteiger partial charge in [0, 0.05) is 6.54 Å². The highest BCUT2D eigenvalue weighted by atomic mass is 19.2. The molecule has 0 spiro atoms. The first kappa shape index (κ1) is 12.4. The first-order valence-corrected chi connectivity index (χ1v) is 5.18. The lowest BCUT2D eigenvalue weighted by atomic mass is 10.1. The summed E-state index contributed by atoms with van der Waals surface area (Å²) in [6.07, 6.45) is 0.876. The molecule has 1 N–H and O–H groups in total. The molecule has 2 nitrogen and oxygen atoms in total. The molecule has 0 aromatic heterocycles. The van der Waals surface area contributed by atoms with Gasteiger partial charge in [-0.15, -0.1) is 0 Å². The van der Waals surface area contributed by atoms with Crippen LogP contribution in [0.15, 0.2) is 12.1 Å². The minimum Gasteiger partial charge on any atom is -0.383 e. The van der Waals surface area contributed by atoms with E-state index in [1.165, 1.54) is 12.1 Å². The van der Waals surface area contributed by atoms with Crippen molar-refractivity contribution < 1.29 is 8.78 Å². The van der Waals surface area contributed by atoms with Crippen LogP contribution >= 0.6 is 0 Å². The lowest BCUT2D eigenvalue weighted by Crippen LogP contribution is -2.07. The summed E-state index contributed by atoms with van der Waals surface area (Å²) in [6.45, 7) is 4.69. The maximum atomic E-state index is 13.4. The van der Waals surface area contributed by atoms with Crippen molar-refractivity contribution in [1.82, 2.24) is 0 Å². The molecule has 0 saturated heterocycles.